The van der Waals surface area contributed by atoms with Crippen LogP contribution in [0.1, 0.15) is 32.0 Å². The van der Waals surface area contributed by atoms with Crippen molar-refractivity contribution in [2.45, 2.75) is 13.5 Å². The predicted molar refractivity (Wildman–Crippen MR) is 105 cm³/mol. The Bertz CT molecular complexity index is 963. The predicted octanol–water partition coefficient (Wildman–Crippen LogP) is 3.66. The number of esters is 1. The van der Waals surface area contributed by atoms with Gasteiger partial charge >= 0.3 is 5.97 Å². The fraction of sp³-hybridized carbons (Fsp3) is 0.150. The van der Waals surface area contributed by atoms with E-state index in [0.717, 1.165) is 21.4 Å². The first kappa shape index (κ1) is 18.8. The molecular formula is C20H18BrN3O3. The van der Waals surface area contributed by atoms with Gasteiger partial charge in [-0.3, -0.25) is 4.79 Å². The van der Waals surface area contributed by atoms with E-state index >= 15 is 0 Å². The summed E-state index contributed by atoms with van der Waals surface area (Å²) in [5, 5.41) is 7.20. The van der Waals surface area contributed by atoms with E-state index in [9.17, 15) is 9.59 Å². The number of hydrogen-bond acceptors (Lipinski definition) is 4. The van der Waals surface area contributed by atoms with Gasteiger partial charge < -0.3 is 10.1 Å². The highest BCUT2D eigenvalue weighted by molar-refractivity contribution is 9.10. The van der Waals surface area contributed by atoms with E-state index in [1.54, 1.807) is 35.1 Å². The number of carbonyl (C=O) groups excluding carboxylic acids is 2. The number of rotatable bonds is 5. The minimum Gasteiger partial charge on any atom is -0.465 e. The Kier molecular flexibility index (Phi) is 5.71. The highest BCUT2D eigenvalue weighted by Gasteiger charge is 2.15. The van der Waals surface area contributed by atoms with Gasteiger partial charge in [0.2, 0.25) is 0 Å². The largest absolute Gasteiger partial charge is 0.465 e. The summed E-state index contributed by atoms with van der Waals surface area (Å²) in [6.45, 7) is 2.21. The lowest BCUT2D eigenvalue weighted by Gasteiger charge is -2.07. The third-order valence-electron chi connectivity index (χ3n) is 4.15. The number of hydrogen-bond donors (Lipinski definition) is 1. The van der Waals surface area contributed by atoms with Crippen LogP contribution in [0, 0.1) is 6.92 Å². The second kappa shape index (κ2) is 8.18. The SMILES string of the molecule is COC(=O)c1ccc(CNC(=O)c2cnn(-c3ccc(Br)cc3)c2C)cc1. The first-order chi connectivity index (χ1) is 13.0. The van der Waals surface area contributed by atoms with Crippen molar-refractivity contribution in [2.24, 2.45) is 0 Å². The summed E-state index contributed by atoms with van der Waals surface area (Å²) < 4.78 is 7.38. The summed E-state index contributed by atoms with van der Waals surface area (Å²) in [7, 11) is 1.34. The minimum atomic E-state index is -0.387. The summed E-state index contributed by atoms with van der Waals surface area (Å²) in [6, 6.07) is 14.6. The molecule has 0 aliphatic heterocycles. The van der Waals surface area contributed by atoms with Crippen molar-refractivity contribution in [3.63, 3.8) is 0 Å². The van der Waals surface area contributed by atoms with Crippen LogP contribution in [0.4, 0.5) is 0 Å². The first-order valence-electron chi connectivity index (χ1n) is 8.25. The van der Waals surface area contributed by atoms with Crippen molar-refractivity contribution < 1.29 is 14.3 Å². The molecule has 0 radical (unpaired) electrons. The molecule has 27 heavy (non-hydrogen) atoms. The van der Waals surface area contributed by atoms with Crippen LogP contribution in [0.3, 0.4) is 0 Å². The van der Waals surface area contributed by atoms with Crippen molar-refractivity contribution in [1.29, 1.82) is 0 Å². The van der Waals surface area contributed by atoms with Crippen LogP contribution in [-0.2, 0) is 11.3 Å². The summed E-state index contributed by atoms with van der Waals surface area (Å²) in [5.41, 5.74) is 3.52. The summed E-state index contributed by atoms with van der Waals surface area (Å²) in [6.07, 6.45) is 1.56. The quantitative estimate of drug-likeness (QED) is 0.630. The van der Waals surface area contributed by atoms with Crippen LogP contribution in [-0.4, -0.2) is 28.8 Å². The Morgan fingerprint density at radius 1 is 1.11 bits per heavy atom. The van der Waals surface area contributed by atoms with Gasteiger partial charge in [-0.15, -0.1) is 0 Å². The Morgan fingerprint density at radius 2 is 1.78 bits per heavy atom. The van der Waals surface area contributed by atoms with Gasteiger partial charge in [0, 0.05) is 11.0 Å². The molecule has 0 fully saturated rings. The lowest BCUT2D eigenvalue weighted by molar-refractivity contribution is 0.0600. The molecule has 0 aliphatic carbocycles. The lowest BCUT2D eigenvalue weighted by Crippen LogP contribution is -2.23. The van der Waals surface area contributed by atoms with Gasteiger partial charge in [0.05, 0.1) is 35.8 Å². The van der Waals surface area contributed by atoms with Gasteiger partial charge in [-0.2, -0.15) is 5.10 Å². The van der Waals surface area contributed by atoms with Crippen LogP contribution < -0.4 is 5.32 Å². The molecule has 3 aromatic rings. The van der Waals surface area contributed by atoms with Gasteiger partial charge in [-0.1, -0.05) is 28.1 Å². The topological polar surface area (TPSA) is 73.2 Å². The molecule has 0 aliphatic rings. The molecule has 0 bridgehead atoms. The average molecular weight is 428 g/mol. The second-order valence-corrected chi connectivity index (χ2v) is 6.82. The van der Waals surface area contributed by atoms with Crippen molar-refractivity contribution >= 4 is 27.8 Å². The molecule has 138 valence electrons. The molecule has 1 amide bonds. The van der Waals surface area contributed by atoms with Gasteiger partial charge in [0.25, 0.3) is 5.91 Å². The number of nitrogens with zero attached hydrogens (tertiary/aromatic N) is 2. The van der Waals surface area contributed by atoms with E-state index in [1.807, 2.05) is 31.2 Å². The summed E-state index contributed by atoms with van der Waals surface area (Å²) in [4.78, 5) is 24.0. The zero-order chi connectivity index (χ0) is 19.4. The van der Waals surface area contributed by atoms with E-state index in [0.29, 0.717) is 17.7 Å². The molecular weight excluding hydrogens is 410 g/mol. The summed E-state index contributed by atoms with van der Waals surface area (Å²) in [5.74, 6) is -0.588. The summed E-state index contributed by atoms with van der Waals surface area (Å²) >= 11 is 3.40. The fourth-order valence-electron chi connectivity index (χ4n) is 2.63. The highest BCUT2D eigenvalue weighted by atomic mass is 79.9. The molecule has 0 atom stereocenters. The van der Waals surface area contributed by atoms with Crippen molar-refractivity contribution in [3.8, 4) is 5.69 Å². The molecule has 0 unspecified atom stereocenters. The third-order valence-corrected chi connectivity index (χ3v) is 4.68. The fourth-order valence-corrected chi connectivity index (χ4v) is 2.89. The van der Waals surface area contributed by atoms with Gasteiger partial charge in [-0.25, -0.2) is 9.48 Å². The maximum Gasteiger partial charge on any atom is 0.337 e. The number of amides is 1. The maximum absolute atomic E-state index is 12.5. The third kappa shape index (κ3) is 4.25. The van der Waals surface area contributed by atoms with Crippen LogP contribution in [0.25, 0.3) is 5.69 Å². The van der Waals surface area contributed by atoms with Gasteiger partial charge in [-0.05, 0) is 48.9 Å². The normalized spacial score (nSPS) is 10.5. The Hall–Kier alpha value is -2.93. The van der Waals surface area contributed by atoms with E-state index < -0.39 is 0 Å². The van der Waals surface area contributed by atoms with E-state index in [-0.39, 0.29) is 11.9 Å². The smallest absolute Gasteiger partial charge is 0.337 e. The number of methoxy groups -OCH3 is 1. The minimum absolute atomic E-state index is 0.201. The number of benzene rings is 2. The number of nitrogens with one attached hydrogen (secondary N) is 1. The number of ether oxygens (including phenoxy) is 1. The Labute approximate surface area is 165 Å². The van der Waals surface area contributed by atoms with E-state index in [2.05, 4.69) is 31.1 Å². The monoisotopic (exact) mass is 427 g/mol. The molecule has 3 rings (SSSR count). The standard InChI is InChI=1S/C20H18BrN3O3/c1-13-18(12-23-24(13)17-9-7-16(21)8-10-17)19(25)22-11-14-3-5-15(6-4-14)20(26)27-2/h3-10,12H,11H2,1-2H3,(H,22,25). The molecule has 7 heteroatoms. The van der Waals surface area contributed by atoms with Crippen molar-refractivity contribution in [1.82, 2.24) is 15.1 Å². The van der Waals surface area contributed by atoms with Crippen LogP contribution in [0.2, 0.25) is 0 Å². The Balaban J connectivity index is 1.68. The molecule has 1 aromatic heterocycles. The molecule has 0 saturated carbocycles. The zero-order valence-electron chi connectivity index (χ0n) is 14.9. The molecule has 1 N–H and O–H groups in total. The van der Waals surface area contributed by atoms with Crippen molar-refractivity contribution in [2.75, 3.05) is 7.11 Å². The second-order valence-electron chi connectivity index (χ2n) is 5.90. The van der Waals surface area contributed by atoms with Gasteiger partial charge in [0.15, 0.2) is 0 Å². The van der Waals surface area contributed by atoms with E-state index in [4.69, 9.17) is 0 Å². The van der Waals surface area contributed by atoms with Crippen LogP contribution in [0.5, 0.6) is 0 Å². The first-order valence-corrected chi connectivity index (χ1v) is 9.05. The molecule has 6 nitrogen and oxygen atoms in total. The van der Waals surface area contributed by atoms with Crippen LogP contribution >= 0.6 is 15.9 Å². The molecule has 1 heterocycles. The lowest BCUT2D eigenvalue weighted by atomic mass is 10.1. The van der Waals surface area contributed by atoms with Gasteiger partial charge in [0.1, 0.15) is 0 Å². The number of aromatic nitrogens is 2. The number of carbonyl (C=O) groups is 2. The van der Waals surface area contributed by atoms with Crippen molar-refractivity contribution in [3.05, 3.63) is 81.6 Å². The number of halogens is 1. The molecule has 0 saturated heterocycles. The Morgan fingerprint density at radius 3 is 2.41 bits per heavy atom. The van der Waals surface area contributed by atoms with E-state index in [1.165, 1.54) is 7.11 Å². The van der Waals surface area contributed by atoms with Crippen LogP contribution in [0.15, 0.2) is 59.2 Å². The average Bonchev–Trinajstić information content (AvgIpc) is 3.08. The molecule has 0 spiro atoms. The zero-order valence-corrected chi connectivity index (χ0v) is 16.5. The molecule has 2 aromatic carbocycles. The maximum atomic E-state index is 12.5. The highest BCUT2D eigenvalue weighted by Crippen LogP contribution is 2.17.